The van der Waals surface area contributed by atoms with E-state index in [-0.39, 0.29) is 23.4 Å². The summed E-state index contributed by atoms with van der Waals surface area (Å²) in [7, 11) is -3.31. The van der Waals surface area contributed by atoms with E-state index in [0.29, 0.717) is 11.3 Å². The highest BCUT2D eigenvalue weighted by Crippen LogP contribution is 2.33. The lowest BCUT2D eigenvalue weighted by atomic mass is 10.1. The molecule has 2 aliphatic rings. The Morgan fingerprint density at radius 3 is 2.42 bits per heavy atom. The minimum atomic E-state index is -3.31. The maximum atomic E-state index is 12.7. The number of amides is 2. The molecule has 0 unspecified atom stereocenters. The predicted molar refractivity (Wildman–Crippen MR) is 118 cm³/mol. The van der Waals surface area contributed by atoms with Gasteiger partial charge in [-0.15, -0.1) is 0 Å². The van der Waals surface area contributed by atoms with Crippen molar-refractivity contribution < 1.29 is 18.0 Å². The molecule has 1 saturated carbocycles. The Morgan fingerprint density at radius 1 is 1.03 bits per heavy atom. The first kappa shape index (κ1) is 21.5. The highest BCUT2D eigenvalue weighted by molar-refractivity contribution is 7.90. The number of aryl methyl sites for hydroxylation is 2. The quantitative estimate of drug-likeness (QED) is 0.559. The van der Waals surface area contributed by atoms with Gasteiger partial charge in [-0.3, -0.25) is 9.59 Å². The number of benzene rings is 1. The van der Waals surface area contributed by atoms with Crippen molar-refractivity contribution in [2.45, 2.75) is 69.9 Å². The number of nitrogens with one attached hydrogen (secondary N) is 2. The van der Waals surface area contributed by atoms with E-state index in [1.807, 2.05) is 32.0 Å². The van der Waals surface area contributed by atoms with Crippen LogP contribution in [-0.2, 0) is 30.9 Å². The summed E-state index contributed by atoms with van der Waals surface area (Å²) in [5.74, 6) is -1.62. The maximum Gasteiger partial charge on any atom is 0.314 e. The summed E-state index contributed by atoms with van der Waals surface area (Å²) in [5.41, 5.74) is 3.62. The molecule has 9 heteroatoms. The van der Waals surface area contributed by atoms with Gasteiger partial charge in [0, 0.05) is 11.6 Å². The number of carbonyl (C=O) groups is 2. The normalized spacial score (nSPS) is 18.3. The molecule has 31 heavy (non-hydrogen) atoms. The number of sulfone groups is 1. The fourth-order valence-corrected chi connectivity index (χ4v) is 5.92. The fourth-order valence-electron chi connectivity index (χ4n) is 4.43. The van der Waals surface area contributed by atoms with Gasteiger partial charge < -0.3 is 10.6 Å². The minimum Gasteiger partial charge on any atom is -0.345 e. The molecular weight excluding hydrogens is 416 g/mol. The monoisotopic (exact) mass is 444 g/mol. The zero-order valence-corrected chi connectivity index (χ0v) is 18.7. The van der Waals surface area contributed by atoms with Crippen LogP contribution in [0.3, 0.4) is 0 Å². The van der Waals surface area contributed by atoms with Crippen LogP contribution in [0.25, 0.3) is 5.69 Å². The number of rotatable bonds is 3. The van der Waals surface area contributed by atoms with Gasteiger partial charge in [0.1, 0.15) is 5.82 Å². The zero-order chi connectivity index (χ0) is 22.2. The van der Waals surface area contributed by atoms with E-state index in [1.54, 1.807) is 4.68 Å². The fraction of sp³-hybridized carbons (Fsp3) is 0.500. The Bertz CT molecular complexity index is 1130. The van der Waals surface area contributed by atoms with E-state index in [2.05, 4.69) is 15.7 Å². The van der Waals surface area contributed by atoms with Crippen molar-refractivity contribution in [3.8, 4) is 5.69 Å². The van der Waals surface area contributed by atoms with Crippen LogP contribution in [0.1, 0.15) is 60.9 Å². The molecule has 0 bridgehead atoms. The minimum absolute atomic E-state index is 0.00361. The number of fused-ring (bicyclic) bond motifs is 1. The molecule has 4 rings (SSSR count). The first-order valence-corrected chi connectivity index (χ1v) is 12.6. The van der Waals surface area contributed by atoms with Gasteiger partial charge in [-0.25, -0.2) is 13.1 Å². The molecule has 166 valence electrons. The Kier molecular flexibility index (Phi) is 5.88. The van der Waals surface area contributed by atoms with Crippen LogP contribution in [0.15, 0.2) is 18.2 Å². The van der Waals surface area contributed by atoms with Crippen LogP contribution in [-0.4, -0.2) is 36.1 Å². The SMILES string of the molecule is Cc1ccc(-n2nc3c(c2NC(=O)C(=O)NC2CCCCCC2)CS(=O)(=O)C3)c(C)c1. The van der Waals surface area contributed by atoms with Crippen LogP contribution in [0.4, 0.5) is 5.82 Å². The molecule has 1 aromatic carbocycles. The second-order valence-electron chi connectivity index (χ2n) is 8.62. The van der Waals surface area contributed by atoms with Gasteiger partial charge in [-0.1, -0.05) is 43.4 Å². The molecule has 0 spiro atoms. The molecule has 2 amide bonds. The third-order valence-electron chi connectivity index (χ3n) is 6.00. The van der Waals surface area contributed by atoms with Crippen molar-refractivity contribution in [2.24, 2.45) is 0 Å². The van der Waals surface area contributed by atoms with Gasteiger partial charge in [-0.2, -0.15) is 5.10 Å². The number of hydrogen-bond acceptors (Lipinski definition) is 5. The van der Waals surface area contributed by atoms with Gasteiger partial charge in [0.15, 0.2) is 9.84 Å². The van der Waals surface area contributed by atoms with Crippen LogP contribution < -0.4 is 10.6 Å². The highest BCUT2D eigenvalue weighted by Gasteiger charge is 2.34. The standard InChI is InChI=1S/C22H28N4O4S/c1-14-9-10-19(15(2)11-14)26-20(17-12-31(29,30)13-18(17)25-26)24-22(28)21(27)23-16-7-5-3-4-6-8-16/h9-11,16H,3-8,12-13H2,1-2H3,(H,23,27)(H,24,28). The van der Waals surface area contributed by atoms with Crippen LogP contribution in [0.5, 0.6) is 0 Å². The lowest BCUT2D eigenvalue weighted by Gasteiger charge is -2.17. The number of carbonyl (C=O) groups excluding carboxylic acids is 2. The predicted octanol–water partition coefficient (Wildman–Crippen LogP) is 2.70. The Labute approximate surface area is 182 Å². The van der Waals surface area contributed by atoms with Gasteiger partial charge >= 0.3 is 11.8 Å². The maximum absolute atomic E-state index is 12.7. The van der Waals surface area contributed by atoms with Crippen molar-refractivity contribution >= 4 is 27.5 Å². The van der Waals surface area contributed by atoms with Crippen molar-refractivity contribution in [2.75, 3.05) is 5.32 Å². The highest BCUT2D eigenvalue weighted by atomic mass is 32.2. The van der Waals surface area contributed by atoms with Crippen molar-refractivity contribution in [3.63, 3.8) is 0 Å². The van der Waals surface area contributed by atoms with E-state index in [4.69, 9.17) is 0 Å². The molecule has 1 aromatic heterocycles. The Hall–Kier alpha value is -2.68. The first-order chi connectivity index (χ1) is 14.7. The summed E-state index contributed by atoms with van der Waals surface area (Å²) in [4.78, 5) is 25.3. The molecule has 1 fully saturated rings. The Balaban J connectivity index is 1.62. The van der Waals surface area contributed by atoms with Crippen molar-refractivity contribution in [1.82, 2.24) is 15.1 Å². The molecule has 8 nitrogen and oxygen atoms in total. The van der Waals surface area contributed by atoms with Gasteiger partial charge in [0.2, 0.25) is 0 Å². The third-order valence-corrected chi connectivity index (χ3v) is 7.44. The average molecular weight is 445 g/mol. The van der Waals surface area contributed by atoms with E-state index in [0.717, 1.165) is 55.3 Å². The number of nitrogens with zero attached hydrogens (tertiary/aromatic N) is 2. The lowest BCUT2D eigenvalue weighted by Crippen LogP contribution is -2.42. The summed E-state index contributed by atoms with van der Waals surface area (Å²) in [6, 6.07) is 5.79. The van der Waals surface area contributed by atoms with E-state index in [9.17, 15) is 18.0 Å². The number of anilines is 1. The van der Waals surface area contributed by atoms with Crippen molar-refractivity contribution in [3.05, 3.63) is 40.6 Å². The summed E-state index contributed by atoms with van der Waals surface area (Å²) >= 11 is 0. The molecule has 0 atom stereocenters. The van der Waals surface area contributed by atoms with Crippen LogP contribution in [0, 0.1) is 13.8 Å². The van der Waals surface area contributed by atoms with E-state index < -0.39 is 21.7 Å². The van der Waals surface area contributed by atoms with Gasteiger partial charge in [0.25, 0.3) is 0 Å². The third kappa shape index (κ3) is 4.66. The summed E-state index contributed by atoms with van der Waals surface area (Å²) in [6.45, 7) is 3.91. The lowest BCUT2D eigenvalue weighted by molar-refractivity contribution is -0.136. The molecule has 1 aliphatic carbocycles. The molecule has 0 saturated heterocycles. The zero-order valence-electron chi connectivity index (χ0n) is 17.9. The van der Waals surface area contributed by atoms with Gasteiger partial charge in [0.05, 0.1) is 22.9 Å². The Morgan fingerprint density at radius 2 is 1.74 bits per heavy atom. The molecule has 2 heterocycles. The number of hydrogen-bond donors (Lipinski definition) is 2. The second kappa shape index (κ2) is 8.45. The molecule has 2 aromatic rings. The summed E-state index contributed by atoms with van der Waals surface area (Å²) < 4.78 is 25.8. The molecular formula is C22H28N4O4S. The molecule has 0 radical (unpaired) electrons. The summed E-state index contributed by atoms with van der Waals surface area (Å²) in [5, 5.41) is 9.97. The van der Waals surface area contributed by atoms with E-state index >= 15 is 0 Å². The van der Waals surface area contributed by atoms with Crippen molar-refractivity contribution in [1.29, 1.82) is 0 Å². The molecule has 2 N–H and O–H groups in total. The molecule has 1 aliphatic heterocycles. The first-order valence-electron chi connectivity index (χ1n) is 10.7. The van der Waals surface area contributed by atoms with E-state index in [1.165, 1.54) is 0 Å². The second-order valence-corrected chi connectivity index (χ2v) is 10.7. The average Bonchev–Trinajstić information content (AvgIpc) is 3.02. The van der Waals surface area contributed by atoms with Crippen LogP contribution in [0.2, 0.25) is 0 Å². The summed E-state index contributed by atoms with van der Waals surface area (Å²) in [6.07, 6.45) is 6.11. The number of aromatic nitrogens is 2. The smallest absolute Gasteiger partial charge is 0.314 e. The topological polar surface area (TPSA) is 110 Å². The largest absolute Gasteiger partial charge is 0.345 e. The van der Waals surface area contributed by atoms with Gasteiger partial charge in [-0.05, 0) is 38.3 Å². The van der Waals surface area contributed by atoms with Crippen LogP contribution >= 0.6 is 0 Å².